The van der Waals surface area contributed by atoms with Crippen LogP contribution in [0.25, 0.3) is 0 Å². The number of halogens is 2. The van der Waals surface area contributed by atoms with Crippen LogP contribution in [0.5, 0.6) is 0 Å². The molecule has 2 aromatic carbocycles. The van der Waals surface area contributed by atoms with Crippen molar-refractivity contribution in [3.05, 3.63) is 68.1 Å². The number of ketones is 1. The summed E-state index contributed by atoms with van der Waals surface area (Å²) in [7, 11) is 0. The second kappa shape index (κ2) is 7.07. The number of carbonyl (C=O) groups is 2. The Hall–Kier alpha value is -1.65. The summed E-state index contributed by atoms with van der Waals surface area (Å²) < 4.78 is 5.78. The molecule has 0 aromatic heterocycles. The molecule has 0 saturated heterocycles. The lowest BCUT2D eigenvalue weighted by molar-refractivity contribution is 0.0474. The molecule has 3 nitrogen and oxygen atoms in total. The van der Waals surface area contributed by atoms with Gasteiger partial charge in [-0.15, -0.1) is 0 Å². The van der Waals surface area contributed by atoms with E-state index in [1.165, 1.54) is 0 Å². The Bertz CT molecular complexity index is 741. The van der Waals surface area contributed by atoms with Crippen molar-refractivity contribution in [1.82, 2.24) is 0 Å². The number of Topliss-reactive ketones (excluding diaryl/α,β-unsaturated/α-hetero) is 1. The number of hydrogen-bond acceptors (Lipinski definition) is 3. The van der Waals surface area contributed by atoms with E-state index in [0.29, 0.717) is 10.0 Å². The van der Waals surface area contributed by atoms with E-state index in [-0.39, 0.29) is 23.0 Å². The minimum absolute atomic E-state index is 0.226. The molecule has 0 amide bonds. The first-order valence-electron chi connectivity index (χ1n) is 6.61. The first-order valence-corrected chi connectivity index (χ1v) is 7.78. The molecule has 0 aliphatic heterocycles. The van der Waals surface area contributed by atoms with Crippen LogP contribution >= 0.6 is 27.5 Å². The molecule has 0 aliphatic carbocycles. The van der Waals surface area contributed by atoms with Crippen LogP contribution in [-0.4, -0.2) is 18.4 Å². The molecule has 0 heterocycles. The number of rotatable bonds is 4. The lowest BCUT2D eigenvalue weighted by Gasteiger charge is -2.08. The molecule has 0 aliphatic rings. The van der Waals surface area contributed by atoms with Crippen LogP contribution in [0.1, 0.15) is 31.8 Å². The van der Waals surface area contributed by atoms with E-state index < -0.39 is 5.97 Å². The van der Waals surface area contributed by atoms with E-state index in [9.17, 15) is 9.59 Å². The van der Waals surface area contributed by atoms with E-state index in [2.05, 4.69) is 15.9 Å². The molecule has 22 heavy (non-hydrogen) atoms. The highest BCUT2D eigenvalue weighted by molar-refractivity contribution is 9.10. The predicted molar refractivity (Wildman–Crippen MR) is 89.7 cm³/mol. The summed E-state index contributed by atoms with van der Waals surface area (Å²) in [6.45, 7) is 3.50. The lowest BCUT2D eigenvalue weighted by Crippen LogP contribution is -2.15. The van der Waals surface area contributed by atoms with Gasteiger partial charge in [-0.25, -0.2) is 4.79 Å². The predicted octanol–water partition coefficient (Wildman–Crippen LogP) is 4.76. The summed E-state index contributed by atoms with van der Waals surface area (Å²) >= 11 is 9.22. The maximum Gasteiger partial charge on any atom is 0.340 e. The maximum atomic E-state index is 12.1. The van der Waals surface area contributed by atoms with Crippen molar-refractivity contribution >= 4 is 39.3 Å². The molecule has 0 spiro atoms. The quantitative estimate of drug-likeness (QED) is 0.566. The summed E-state index contributed by atoms with van der Waals surface area (Å²) in [5.41, 5.74) is 2.72. The zero-order valence-corrected chi connectivity index (χ0v) is 14.5. The zero-order valence-electron chi connectivity index (χ0n) is 12.2. The van der Waals surface area contributed by atoms with E-state index in [1.54, 1.807) is 24.3 Å². The molecular formula is C17H14BrClO3. The van der Waals surface area contributed by atoms with Crippen LogP contribution < -0.4 is 0 Å². The highest BCUT2D eigenvalue weighted by Gasteiger charge is 2.16. The smallest absolute Gasteiger partial charge is 0.340 e. The van der Waals surface area contributed by atoms with Gasteiger partial charge in [0.2, 0.25) is 5.78 Å². The number of aryl methyl sites for hydroxylation is 2. The first kappa shape index (κ1) is 16.7. The zero-order chi connectivity index (χ0) is 16.3. The maximum absolute atomic E-state index is 12.1. The Balaban J connectivity index is 2.07. The third kappa shape index (κ3) is 3.96. The molecule has 114 valence electrons. The fourth-order valence-electron chi connectivity index (χ4n) is 2.07. The van der Waals surface area contributed by atoms with Crippen molar-refractivity contribution in [1.29, 1.82) is 0 Å². The Morgan fingerprint density at radius 3 is 2.50 bits per heavy atom. The van der Waals surface area contributed by atoms with Crippen LogP contribution in [0.15, 0.2) is 40.9 Å². The minimum Gasteiger partial charge on any atom is -0.454 e. The second-order valence-corrected chi connectivity index (χ2v) is 6.26. The molecule has 5 heteroatoms. The third-order valence-electron chi connectivity index (χ3n) is 3.16. The van der Waals surface area contributed by atoms with Gasteiger partial charge in [0.15, 0.2) is 6.61 Å². The fraction of sp³-hybridized carbons (Fsp3) is 0.176. The van der Waals surface area contributed by atoms with Crippen molar-refractivity contribution in [2.75, 3.05) is 6.61 Å². The average molecular weight is 382 g/mol. The van der Waals surface area contributed by atoms with Crippen LogP contribution in [0.4, 0.5) is 0 Å². The van der Waals surface area contributed by atoms with Gasteiger partial charge in [0.05, 0.1) is 10.6 Å². The largest absolute Gasteiger partial charge is 0.454 e. The number of hydrogen-bond donors (Lipinski definition) is 0. The lowest BCUT2D eigenvalue weighted by atomic mass is 10.0. The summed E-state index contributed by atoms with van der Waals surface area (Å²) in [5, 5.41) is 0.284. The third-order valence-corrected chi connectivity index (χ3v) is 3.99. The number of esters is 1. The molecule has 0 saturated carbocycles. The van der Waals surface area contributed by atoms with Crippen LogP contribution in [-0.2, 0) is 4.74 Å². The van der Waals surface area contributed by atoms with Crippen LogP contribution in [0.2, 0.25) is 5.02 Å². The van der Waals surface area contributed by atoms with Gasteiger partial charge >= 0.3 is 5.97 Å². The van der Waals surface area contributed by atoms with Gasteiger partial charge in [-0.2, -0.15) is 0 Å². The van der Waals surface area contributed by atoms with E-state index >= 15 is 0 Å². The van der Waals surface area contributed by atoms with Gasteiger partial charge in [0.1, 0.15) is 0 Å². The second-order valence-electron chi connectivity index (χ2n) is 4.94. The van der Waals surface area contributed by atoms with E-state index in [1.807, 2.05) is 26.0 Å². The summed E-state index contributed by atoms with van der Waals surface area (Å²) in [5.74, 6) is -0.860. The van der Waals surface area contributed by atoms with Gasteiger partial charge in [0, 0.05) is 10.0 Å². The highest BCUT2D eigenvalue weighted by Crippen LogP contribution is 2.22. The summed E-state index contributed by atoms with van der Waals surface area (Å²) in [4.78, 5) is 24.2. The van der Waals surface area contributed by atoms with E-state index in [4.69, 9.17) is 16.3 Å². The van der Waals surface area contributed by atoms with Crippen LogP contribution in [0, 0.1) is 13.8 Å². The Morgan fingerprint density at radius 2 is 1.82 bits per heavy atom. The minimum atomic E-state index is -0.621. The molecule has 2 rings (SSSR count). The van der Waals surface area contributed by atoms with Gasteiger partial charge in [-0.1, -0.05) is 51.3 Å². The SMILES string of the molecule is Cc1ccc(C(=O)COC(=O)c2cc(Br)ccc2Cl)c(C)c1. The first-order chi connectivity index (χ1) is 10.4. The highest BCUT2D eigenvalue weighted by atomic mass is 79.9. The molecule has 0 unspecified atom stereocenters. The van der Waals surface area contributed by atoms with Crippen molar-refractivity contribution in [3.8, 4) is 0 Å². The summed E-state index contributed by atoms with van der Waals surface area (Å²) in [6.07, 6.45) is 0. The Morgan fingerprint density at radius 1 is 1.09 bits per heavy atom. The molecule has 0 radical (unpaired) electrons. The van der Waals surface area contributed by atoms with Gasteiger partial charge in [0.25, 0.3) is 0 Å². The van der Waals surface area contributed by atoms with Crippen molar-refractivity contribution in [3.63, 3.8) is 0 Å². The van der Waals surface area contributed by atoms with Gasteiger partial charge in [-0.3, -0.25) is 4.79 Å². The van der Waals surface area contributed by atoms with Gasteiger partial charge in [-0.05, 0) is 37.6 Å². The molecule has 0 atom stereocenters. The average Bonchev–Trinajstić information content (AvgIpc) is 2.47. The van der Waals surface area contributed by atoms with Crippen molar-refractivity contribution in [2.24, 2.45) is 0 Å². The topological polar surface area (TPSA) is 43.4 Å². The molecule has 2 aromatic rings. The standard InChI is InChI=1S/C17H14BrClO3/c1-10-3-5-13(11(2)7-10)16(20)9-22-17(21)14-8-12(18)4-6-15(14)19/h3-8H,9H2,1-2H3. The summed E-state index contributed by atoms with van der Waals surface area (Å²) in [6, 6.07) is 10.4. The Labute approximate surface area is 142 Å². The monoisotopic (exact) mass is 380 g/mol. The molecular weight excluding hydrogens is 368 g/mol. The van der Waals surface area contributed by atoms with Crippen molar-refractivity contribution in [2.45, 2.75) is 13.8 Å². The van der Waals surface area contributed by atoms with Crippen LogP contribution in [0.3, 0.4) is 0 Å². The molecule has 0 N–H and O–H groups in total. The number of carbonyl (C=O) groups excluding carboxylic acids is 2. The normalized spacial score (nSPS) is 10.4. The number of benzene rings is 2. The Kier molecular flexibility index (Phi) is 5.37. The molecule has 0 fully saturated rings. The van der Waals surface area contributed by atoms with Gasteiger partial charge < -0.3 is 4.74 Å². The molecule has 0 bridgehead atoms. The fourth-order valence-corrected chi connectivity index (χ4v) is 2.62. The van der Waals surface area contributed by atoms with E-state index in [0.717, 1.165) is 11.1 Å². The number of ether oxygens (including phenoxy) is 1. The van der Waals surface area contributed by atoms with Crippen molar-refractivity contribution < 1.29 is 14.3 Å².